The number of hydrogen-bond acceptors (Lipinski definition) is 2. The summed E-state index contributed by atoms with van der Waals surface area (Å²) in [5, 5.41) is 3.47. The largest absolute Gasteiger partial charge is 0.466 e. The number of piperidine rings is 1. The topological polar surface area (TPSA) is 25.2 Å². The van der Waals surface area contributed by atoms with Crippen LogP contribution in [0.5, 0.6) is 0 Å². The lowest BCUT2D eigenvalue weighted by Gasteiger charge is -2.26. The molecule has 1 N–H and O–H groups in total. The van der Waals surface area contributed by atoms with E-state index >= 15 is 0 Å². The van der Waals surface area contributed by atoms with Crippen LogP contribution in [0, 0.1) is 5.92 Å². The summed E-state index contributed by atoms with van der Waals surface area (Å²) in [6, 6.07) is 2.35. The summed E-state index contributed by atoms with van der Waals surface area (Å²) in [5.74, 6) is 1.84. The first-order valence-corrected chi connectivity index (χ1v) is 5.53. The standard InChI is InChI=1S/C10H14BrNO/c1-7-2-4-12-9(6-7)10-8(11)3-5-13-10/h3,5,7,9,12H,2,4,6H2,1H3. The molecule has 1 saturated heterocycles. The summed E-state index contributed by atoms with van der Waals surface area (Å²) in [7, 11) is 0. The molecule has 1 aromatic rings. The molecular formula is C10H14BrNO. The zero-order chi connectivity index (χ0) is 9.26. The van der Waals surface area contributed by atoms with Crippen molar-refractivity contribution in [3.63, 3.8) is 0 Å². The van der Waals surface area contributed by atoms with Crippen LogP contribution in [0.1, 0.15) is 31.6 Å². The van der Waals surface area contributed by atoms with E-state index in [2.05, 4.69) is 28.2 Å². The smallest absolute Gasteiger partial charge is 0.134 e. The lowest BCUT2D eigenvalue weighted by molar-refractivity contribution is 0.289. The lowest BCUT2D eigenvalue weighted by atomic mass is 9.93. The van der Waals surface area contributed by atoms with Crippen molar-refractivity contribution in [2.75, 3.05) is 6.54 Å². The number of furan rings is 1. The third-order valence-electron chi connectivity index (χ3n) is 2.63. The molecule has 0 aliphatic carbocycles. The molecular weight excluding hydrogens is 230 g/mol. The van der Waals surface area contributed by atoms with Crippen molar-refractivity contribution in [1.29, 1.82) is 0 Å². The summed E-state index contributed by atoms with van der Waals surface area (Å²) >= 11 is 3.49. The monoisotopic (exact) mass is 243 g/mol. The molecule has 0 radical (unpaired) electrons. The highest BCUT2D eigenvalue weighted by Crippen LogP contribution is 2.31. The van der Waals surface area contributed by atoms with Crippen LogP contribution in [0.15, 0.2) is 21.2 Å². The summed E-state index contributed by atoms with van der Waals surface area (Å²) in [5.41, 5.74) is 0. The van der Waals surface area contributed by atoms with Crippen molar-refractivity contribution < 1.29 is 4.42 Å². The zero-order valence-corrected chi connectivity index (χ0v) is 9.30. The highest BCUT2D eigenvalue weighted by molar-refractivity contribution is 9.10. The van der Waals surface area contributed by atoms with Gasteiger partial charge in [0.05, 0.1) is 16.8 Å². The van der Waals surface area contributed by atoms with Gasteiger partial charge in [0.15, 0.2) is 0 Å². The minimum absolute atomic E-state index is 0.396. The van der Waals surface area contributed by atoms with Gasteiger partial charge in [0.2, 0.25) is 0 Å². The average molecular weight is 244 g/mol. The van der Waals surface area contributed by atoms with E-state index in [9.17, 15) is 0 Å². The van der Waals surface area contributed by atoms with Crippen molar-refractivity contribution in [3.05, 3.63) is 22.6 Å². The highest BCUT2D eigenvalue weighted by Gasteiger charge is 2.23. The normalized spacial score (nSPS) is 29.1. The van der Waals surface area contributed by atoms with Crippen LogP contribution in [-0.4, -0.2) is 6.54 Å². The SMILES string of the molecule is CC1CCNC(c2occc2Br)C1. The van der Waals surface area contributed by atoms with Crippen LogP contribution in [0.3, 0.4) is 0 Å². The maximum Gasteiger partial charge on any atom is 0.134 e. The van der Waals surface area contributed by atoms with Crippen LogP contribution in [0.4, 0.5) is 0 Å². The molecule has 0 saturated carbocycles. The first-order valence-electron chi connectivity index (χ1n) is 4.73. The minimum Gasteiger partial charge on any atom is -0.466 e. The fraction of sp³-hybridized carbons (Fsp3) is 0.600. The molecule has 2 unspecified atom stereocenters. The van der Waals surface area contributed by atoms with Crippen molar-refractivity contribution >= 4 is 15.9 Å². The Kier molecular flexibility index (Phi) is 2.74. The van der Waals surface area contributed by atoms with E-state index in [-0.39, 0.29) is 0 Å². The van der Waals surface area contributed by atoms with Gasteiger partial charge in [-0.3, -0.25) is 0 Å². The molecule has 3 heteroatoms. The van der Waals surface area contributed by atoms with Gasteiger partial charge in [0.1, 0.15) is 5.76 Å². The molecule has 0 aromatic carbocycles. The van der Waals surface area contributed by atoms with Gasteiger partial charge in [-0.2, -0.15) is 0 Å². The molecule has 1 aliphatic rings. The number of nitrogens with one attached hydrogen (secondary N) is 1. The fourth-order valence-corrected chi connectivity index (χ4v) is 2.34. The van der Waals surface area contributed by atoms with Crippen LogP contribution in [-0.2, 0) is 0 Å². The third-order valence-corrected chi connectivity index (χ3v) is 3.28. The predicted octanol–water partition coefficient (Wildman–Crippen LogP) is 3.10. The third kappa shape index (κ3) is 1.97. The van der Waals surface area contributed by atoms with Crippen molar-refractivity contribution in [3.8, 4) is 0 Å². The second-order valence-corrected chi connectivity index (χ2v) is 4.62. The van der Waals surface area contributed by atoms with Gasteiger partial charge in [-0.25, -0.2) is 0 Å². The summed E-state index contributed by atoms with van der Waals surface area (Å²) in [6.07, 6.45) is 4.18. The molecule has 2 nitrogen and oxygen atoms in total. The molecule has 72 valence electrons. The Hall–Kier alpha value is -0.280. The molecule has 13 heavy (non-hydrogen) atoms. The lowest BCUT2D eigenvalue weighted by Crippen LogP contribution is -2.30. The van der Waals surface area contributed by atoms with Gasteiger partial charge < -0.3 is 9.73 Å². The minimum atomic E-state index is 0.396. The molecule has 1 aliphatic heterocycles. The van der Waals surface area contributed by atoms with Crippen molar-refractivity contribution in [2.45, 2.75) is 25.8 Å². The van der Waals surface area contributed by atoms with Gasteiger partial charge in [-0.1, -0.05) is 6.92 Å². The Labute approximate surface area is 86.8 Å². The second-order valence-electron chi connectivity index (χ2n) is 3.77. The first-order chi connectivity index (χ1) is 6.27. The van der Waals surface area contributed by atoms with Crippen LogP contribution in [0.2, 0.25) is 0 Å². The summed E-state index contributed by atoms with van der Waals surface area (Å²) < 4.78 is 6.53. The van der Waals surface area contributed by atoms with Gasteiger partial charge in [0, 0.05) is 0 Å². The molecule has 2 atom stereocenters. The average Bonchev–Trinajstić information content (AvgIpc) is 2.51. The maximum absolute atomic E-state index is 5.44. The first kappa shape index (κ1) is 9.28. The molecule has 2 heterocycles. The Morgan fingerprint density at radius 2 is 2.46 bits per heavy atom. The summed E-state index contributed by atoms with van der Waals surface area (Å²) in [4.78, 5) is 0. The van der Waals surface area contributed by atoms with Gasteiger partial charge in [0.25, 0.3) is 0 Å². The second kappa shape index (κ2) is 3.84. The Balaban J connectivity index is 2.12. The van der Waals surface area contributed by atoms with Crippen LogP contribution < -0.4 is 5.32 Å². The molecule has 1 fully saturated rings. The fourth-order valence-electron chi connectivity index (χ4n) is 1.86. The van der Waals surface area contributed by atoms with E-state index in [1.165, 1.54) is 12.8 Å². The van der Waals surface area contributed by atoms with Crippen LogP contribution >= 0.6 is 15.9 Å². The van der Waals surface area contributed by atoms with Gasteiger partial charge in [-0.05, 0) is 47.3 Å². The summed E-state index contributed by atoms with van der Waals surface area (Å²) in [6.45, 7) is 3.39. The Bertz CT molecular complexity index is 284. The van der Waals surface area contributed by atoms with E-state index in [0.29, 0.717) is 6.04 Å². The highest BCUT2D eigenvalue weighted by atomic mass is 79.9. The van der Waals surface area contributed by atoms with Crippen LogP contribution in [0.25, 0.3) is 0 Å². The van der Waals surface area contributed by atoms with E-state index in [1.54, 1.807) is 6.26 Å². The zero-order valence-electron chi connectivity index (χ0n) is 7.72. The van der Waals surface area contributed by atoms with E-state index < -0.39 is 0 Å². The van der Waals surface area contributed by atoms with E-state index in [1.807, 2.05) is 6.07 Å². The number of halogens is 1. The molecule has 0 bridgehead atoms. The number of rotatable bonds is 1. The Morgan fingerprint density at radius 1 is 1.62 bits per heavy atom. The quantitative estimate of drug-likeness (QED) is 0.821. The van der Waals surface area contributed by atoms with Gasteiger partial charge in [-0.15, -0.1) is 0 Å². The van der Waals surface area contributed by atoms with E-state index in [0.717, 1.165) is 22.7 Å². The van der Waals surface area contributed by atoms with E-state index in [4.69, 9.17) is 4.42 Å². The predicted molar refractivity (Wildman–Crippen MR) is 55.5 cm³/mol. The molecule has 0 spiro atoms. The molecule has 0 amide bonds. The van der Waals surface area contributed by atoms with Crippen molar-refractivity contribution in [1.82, 2.24) is 5.32 Å². The van der Waals surface area contributed by atoms with Gasteiger partial charge >= 0.3 is 0 Å². The maximum atomic E-state index is 5.44. The molecule has 1 aromatic heterocycles. The van der Waals surface area contributed by atoms with Crippen molar-refractivity contribution in [2.24, 2.45) is 5.92 Å². The molecule has 2 rings (SSSR count). The number of hydrogen-bond donors (Lipinski definition) is 1. The Morgan fingerprint density at radius 3 is 3.08 bits per heavy atom.